The van der Waals surface area contributed by atoms with Crippen LogP contribution < -0.4 is 120 Å². The third kappa shape index (κ3) is 44.9. The van der Waals surface area contributed by atoms with Gasteiger partial charge in [-0.2, -0.15) is 23.5 Å². The molecule has 17 atom stereocenters. The van der Waals surface area contributed by atoms with Crippen molar-refractivity contribution in [2.24, 2.45) is 63.8 Å². The van der Waals surface area contributed by atoms with Gasteiger partial charge in [0.25, 0.3) is 0 Å². The van der Waals surface area contributed by atoms with Crippen molar-refractivity contribution in [1.29, 1.82) is 0 Å². The summed E-state index contributed by atoms with van der Waals surface area (Å²) in [6.45, 7) is 14.2. The minimum Gasteiger partial charge on any atom is -0.394 e. The molecular formula is C81H150N24O18S2. The molecule has 0 spiro atoms. The topological polar surface area (TPSA) is 705 Å². The average molecular weight is 1810 g/mol. The fourth-order valence-corrected chi connectivity index (χ4v) is 13.9. The molecule has 0 bridgehead atoms. The summed E-state index contributed by atoms with van der Waals surface area (Å²) >= 11 is 2.68. The van der Waals surface area contributed by atoms with Gasteiger partial charge in [-0.1, -0.05) is 68.2 Å². The summed E-state index contributed by atoms with van der Waals surface area (Å²) in [6.07, 6.45) is 10.9. The summed E-state index contributed by atoms with van der Waals surface area (Å²) in [5.41, 5.74) is 40.7. The second-order valence-electron chi connectivity index (χ2n) is 32.3. The highest BCUT2D eigenvalue weighted by Crippen LogP contribution is 2.18. The number of H-pyrrole nitrogens is 1. The van der Waals surface area contributed by atoms with Crippen LogP contribution in [0.1, 0.15) is 203 Å². The molecule has 0 aromatic carbocycles. The van der Waals surface area contributed by atoms with Gasteiger partial charge in [-0.3, -0.25) is 76.7 Å². The van der Waals surface area contributed by atoms with Gasteiger partial charge in [0, 0.05) is 18.3 Å². The molecule has 0 aliphatic rings. The zero-order valence-corrected chi connectivity index (χ0v) is 76.6. The van der Waals surface area contributed by atoms with Crippen molar-refractivity contribution >= 4 is 118 Å². The number of unbranched alkanes of at least 4 members (excludes halogenated alkanes) is 5. The lowest BCUT2D eigenvalue weighted by atomic mass is 9.97. The van der Waals surface area contributed by atoms with E-state index in [1.54, 1.807) is 67.9 Å². The van der Waals surface area contributed by atoms with Gasteiger partial charge in [-0.15, -0.1) is 0 Å². The molecule has 0 saturated heterocycles. The predicted molar refractivity (Wildman–Crippen MR) is 478 cm³/mol. The number of aromatic nitrogens is 2. The van der Waals surface area contributed by atoms with E-state index in [0.29, 0.717) is 88.6 Å². The van der Waals surface area contributed by atoms with Crippen LogP contribution >= 0.6 is 23.5 Å². The number of amides is 16. The molecule has 1 aromatic heterocycles. The van der Waals surface area contributed by atoms with Crippen LogP contribution in [-0.2, 0) is 83.1 Å². The van der Waals surface area contributed by atoms with Crippen molar-refractivity contribution < 1.29 is 86.9 Å². The van der Waals surface area contributed by atoms with Crippen LogP contribution in [0.2, 0.25) is 0 Å². The highest BCUT2D eigenvalue weighted by Gasteiger charge is 2.40. The molecule has 1 rings (SSSR count). The third-order valence-corrected chi connectivity index (χ3v) is 22.2. The Kier molecular flexibility index (Phi) is 59.1. The SMILES string of the molecule is CC[C@H](C)[C@H](NC(=O)CN)C(=O)N[C@@H](CCSC)C(=O)N[C@@H](CO)C(=O)N[C@@H](CO)C(=O)N[C@@H](CC(C)C)C(=O)N[C@@H](CCSC)C(=O)N[C@@H](CCCCN)C(=O)N[C@@H](CCCCN)C(=O)N[C@@H](CC(C)C)C(=O)N[C@@H](CCCCN)C(=O)N[C@@H](CCCCN)C(=O)N[C@@H](Cc1cnc[nH]1)C(=O)N[C@H](C(=O)N[C@@H](C)C(=O)N[C@@H](CCCCN)C(N)=O)[C@@H](C)CC. The van der Waals surface area contributed by atoms with Gasteiger partial charge in [-0.25, -0.2) is 4.98 Å². The van der Waals surface area contributed by atoms with Crippen LogP contribution in [0, 0.1) is 23.7 Å². The van der Waals surface area contributed by atoms with E-state index in [9.17, 15) is 86.9 Å². The summed E-state index contributed by atoms with van der Waals surface area (Å²) in [4.78, 5) is 232. The number of nitrogens with two attached hydrogens (primary N) is 7. The Hall–Kier alpha value is -8.89. The standard InChI is InChI=1S/C81H150N24O18S2/c1-12-48(7)65(104-64(108)41-87)81(123)98-58(30-37-125-11)74(116)102-63(44-107)79(121)103-62(43-106)78(120)100-60(39-47(5)6)76(118)97-57(29-36-124-10)73(115)95-53(25-15-20-32-83)69(111)93-55(27-17-22-34-85)71(113)99-59(38-46(3)4)75(117)96-54(26-16-21-33-84)70(112)94-56(28-18-23-35-86)72(114)101-61(40-51-42-89-45-90-51)77(119)105-66(49(8)13-2)80(122)91-50(9)68(110)92-52(67(88)109)24-14-19-31-82/h42,45-50,52-63,65-66,106-107H,12-41,43-44,82-87H2,1-11H3,(H2,88,109)(H,89,90)(H,91,122)(H,92,110)(H,93,111)(H,94,112)(H,95,115)(H,96,117)(H,97,118)(H,98,123)(H,99,113)(H,100,120)(H,101,114)(H,102,116)(H,103,121)(H,104,108)(H,105,119)/t48-,49-,50-,52-,53-,54-,55-,56-,57-,58-,59-,60-,61-,62-,63-,65-,66-/m0/s1. The Morgan fingerprint density at radius 3 is 0.936 bits per heavy atom. The molecule has 0 saturated carbocycles. The number of aromatic amines is 1. The first kappa shape index (κ1) is 114. The van der Waals surface area contributed by atoms with E-state index in [2.05, 4.69) is 89.7 Å². The minimum absolute atomic E-state index is 0.00163. The van der Waals surface area contributed by atoms with E-state index < -0.39 is 211 Å². The van der Waals surface area contributed by atoms with Crippen LogP contribution in [0.3, 0.4) is 0 Å². The highest BCUT2D eigenvalue weighted by molar-refractivity contribution is 7.98. The molecule has 714 valence electrons. The zero-order chi connectivity index (χ0) is 94.3. The van der Waals surface area contributed by atoms with Crippen LogP contribution in [0.25, 0.3) is 0 Å². The molecule has 0 fully saturated rings. The fourth-order valence-electron chi connectivity index (χ4n) is 13.0. The number of nitrogens with zero attached hydrogens (tertiary/aromatic N) is 1. The summed E-state index contributed by atoms with van der Waals surface area (Å²) in [5, 5.41) is 60.6. The number of thioether (sulfide) groups is 2. The lowest BCUT2D eigenvalue weighted by molar-refractivity contribution is -0.137. The smallest absolute Gasteiger partial charge is 0.245 e. The highest BCUT2D eigenvalue weighted by atomic mass is 32.2. The number of aliphatic hydroxyl groups excluding tert-OH is 2. The van der Waals surface area contributed by atoms with E-state index in [1.807, 2.05) is 0 Å². The molecule has 0 aliphatic heterocycles. The van der Waals surface area contributed by atoms with Gasteiger partial charge < -0.3 is 135 Å². The summed E-state index contributed by atoms with van der Waals surface area (Å²) in [7, 11) is 0. The van der Waals surface area contributed by atoms with Crippen LogP contribution in [-0.4, -0.2) is 282 Å². The number of rotatable bonds is 69. The molecule has 1 aromatic rings. The molecule has 0 radical (unpaired) electrons. The van der Waals surface area contributed by atoms with Gasteiger partial charge in [0.05, 0.1) is 26.1 Å². The Morgan fingerprint density at radius 2 is 0.632 bits per heavy atom. The summed E-state index contributed by atoms with van der Waals surface area (Å²) in [6, 6.07) is -20.4. The lowest BCUT2D eigenvalue weighted by Gasteiger charge is -2.29. The molecule has 44 heteroatoms. The molecule has 42 nitrogen and oxygen atoms in total. The monoisotopic (exact) mass is 1810 g/mol. The third-order valence-electron chi connectivity index (χ3n) is 20.9. The van der Waals surface area contributed by atoms with Crippen molar-refractivity contribution in [1.82, 2.24) is 89.7 Å². The Morgan fingerprint density at radius 1 is 0.352 bits per heavy atom. The minimum atomic E-state index is -1.78. The van der Waals surface area contributed by atoms with Crippen molar-refractivity contribution in [3.8, 4) is 0 Å². The summed E-state index contributed by atoms with van der Waals surface area (Å²) in [5.74, 6) is -14.2. The maximum Gasteiger partial charge on any atom is 0.245 e. The normalized spacial score (nSPS) is 15.4. The number of carbonyl (C=O) groups excluding carboxylic acids is 16. The predicted octanol–water partition coefficient (Wildman–Crippen LogP) is -4.99. The van der Waals surface area contributed by atoms with E-state index in [1.165, 1.54) is 43.0 Å². The zero-order valence-electron chi connectivity index (χ0n) is 75.0. The van der Waals surface area contributed by atoms with E-state index >= 15 is 0 Å². The van der Waals surface area contributed by atoms with E-state index in [0.717, 1.165) is 0 Å². The maximum absolute atomic E-state index is 14.9. The number of hydrogen-bond acceptors (Lipinski definition) is 27. The van der Waals surface area contributed by atoms with Crippen molar-refractivity contribution in [2.45, 2.75) is 294 Å². The molecule has 32 N–H and O–H groups in total. The van der Waals surface area contributed by atoms with Gasteiger partial charge in [-0.05, 0) is 209 Å². The van der Waals surface area contributed by atoms with Crippen LogP contribution in [0.4, 0.5) is 0 Å². The number of imidazole rings is 1. The number of primary amides is 1. The second-order valence-corrected chi connectivity index (χ2v) is 34.2. The molecule has 0 aliphatic carbocycles. The molecule has 125 heavy (non-hydrogen) atoms. The van der Waals surface area contributed by atoms with Crippen LogP contribution in [0.15, 0.2) is 12.5 Å². The number of aliphatic hydroxyl groups is 2. The number of hydrogen-bond donors (Lipinski definition) is 25. The first-order valence-corrected chi connectivity index (χ1v) is 46.4. The second kappa shape index (κ2) is 64.8. The Bertz CT molecular complexity index is 3470. The molecular weight excluding hydrogens is 1660 g/mol. The molecule has 0 unspecified atom stereocenters. The van der Waals surface area contributed by atoms with Gasteiger partial charge in [0.1, 0.15) is 90.6 Å². The first-order valence-electron chi connectivity index (χ1n) is 43.6. The van der Waals surface area contributed by atoms with Crippen LogP contribution in [0.5, 0.6) is 0 Å². The molecule has 1 heterocycles. The van der Waals surface area contributed by atoms with Crippen molar-refractivity contribution in [3.63, 3.8) is 0 Å². The van der Waals surface area contributed by atoms with Crippen molar-refractivity contribution in [3.05, 3.63) is 18.2 Å². The maximum atomic E-state index is 14.9. The first-order chi connectivity index (χ1) is 59.4. The van der Waals surface area contributed by atoms with Crippen molar-refractivity contribution in [2.75, 3.05) is 76.5 Å². The lowest BCUT2D eigenvalue weighted by Crippen LogP contribution is -2.62. The van der Waals surface area contributed by atoms with Gasteiger partial charge in [0.15, 0.2) is 0 Å². The molecule has 16 amide bonds. The van der Waals surface area contributed by atoms with Gasteiger partial charge >= 0.3 is 0 Å². The largest absolute Gasteiger partial charge is 0.394 e. The van der Waals surface area contributed by atoms with Gasteiger partial charge in [0.2, 0.25) is 94.5 Å². The quantitative estimate of drug-likeness (QED) is 0.0272. The Balaban J connectivity index is 3.72. The van der Waals surface area contributed by atoms with E-state index in [4.69, 9.17) is 40.1 Å². The average Bonchev–Trinajstić information content (AvgIpc) is 1.63. The fraction of sp³-hybridized carbons (Fsp3) is 0.765. The number of nitrogens with one attached hydrogen (secondary N) is 16. The number of carbonyl (C=O) groups is 16. The Labute approximate surface area is 743 Å². The summed E-state index contributed by atoms with van der Waals surface area (Å²) < 4.78 is 0. The van der Waals surface area contributed by atoms with E-state index in [-0.39, 0.29) is 120 Å².